The molecule has 0 saturated heterocycles. The van der Waals surface area contributed by atoms with Crippen LogP contribution in [-0.2, 0) is 5.41 Å². The van der Waals surface area contributed by atoms with E-state index in [-0.39, 0.29) is 18.9 Å². The second-order valence-electron chi connectivity index (χ2n) is 13.1. The topological polar surface area (TPSA) is 24.7 Å². The van der Waals surface area contributed by atoms with Gasteiger partial charge in [0.1, 0.15) is 0 Å². The van der Waals surface area contributed by atoms with Crippen molar-refractivity contribution in [3.63, 3.8) is 0 Å². The van der Waals surface area contributed by atoms with E-state index in [1.807, 2.05) is 0 Å². The second-order valence-corrected chi connectivity index (χ2v) is 13.1. The summed E-state index contributed by atoms with van der Waals surface area (Å²) in [5.74, 6) is 0. The van der Waals surface area contributed by atoms with E-state index in [0.29, 0.717) is 0 Å². The molecule has 0 aliphatic heterocycles. The Hall–Kier alpha value is -2.39. The number of aryl methyl sites for hydroxylation is 2. The Labute approximate surface area is 278 Å². The van der Waals surface area contributed by atoms with Crippen molar-refractivity contribution in [2.75, 3.05) is 14.1 Å². The molecule has 0 bridgehead atoms. The number of unbranched alkanes of at least 4 members (excludes halogenated alkanes) is 10. The fourth-order valence-corrected chi connectivity index (χ4v) is 7.15. The van der Waals surface area contributed by atoms with Crippen LogP contribution in [0.5, 0.6) is 0 Å². The summed E-state index contributed by atoms with van der Waals surface area (Å²) in [4.78, 5) is 8.42. The Balaban J connectivity index is 0.000000437. The van der Waals surface area contributed by atoms with E-state index < -0.39 is 0 Å². The van der Waals surface area contributed by atoms with E-state index in [9.17, 15) is 0 Å². The van der Waals surface area contributed by atoms with Gasteiger partial charge in [-0.15, -0.1) is 0 Å². The lowest BCUT2D eigenvalue weighted by Crippen LogP contribution is -2.25. The minimum absolute atomic E-state index is 0. The lowest BCUT2D eigenvalue weighted by Gasteiger charge is -2.33. The molecule has 0 fully saturated rings. The maximum atomic E-state index is 4.21. The summed E-state index contributed by atoms with van der Waals surface area (Å²) in [6.45, 7) is 13.3. The number of allylic oxidation sites excluding steroid dienone is 4. The van der Waals surface area contributed by atoms with Crippen LogP contribution in [0.15, 0.2) is 69.7 Å². The van der Waals surface area contributed by atoms with Gasteiger partial charge in [-0.2, -0.15) is 13.5 Å². The van der Waals surface area contributed by atoms with Crippen molar-refractivity contribution in [2.24, 2.45) is 9.98 Å². The van der Waals surface area contributed by atoms with Crippen molar-refractivity contribution < 1.29 is 0 Å². The Bertz CT molecular complexity index is 1210. The van der Waals surface area contributed by atoms with E-state index in [4.69, 9.17) is 0 Å². The summed E-state index contributed by atoms with van der Waals surface area (Å²) in [5, 5.41) is 0. The van der Waals surface area contributed by atoms with Crippen molar-refractivity contribution in [1.82, 2.24) is 0 Å². The minimum Gasteiger partial charge on any atom is -0.286 e. The van der Waals surface area contributed by atoms with Crippen molar-refractivity contribution >= 4 is 24.9 Å². The molecule has 0 saturated carbocycles. The van der Waals surface area contributed by atoms with Crippen LogP contribution < -0.4 is 0 Å². The molecule has 2 aromatic carbocycles. The Kier molecular flexibility index (Phi) is 16.5. The highest BCUT2D eigenvalue weighted by Gasteiger charge is 2.42. The van der Waals surface area contributed by atoms with Crippen molar-refractivity contribution in [1.29, 1.82) is 0 Å². The predicted molar refractivity (Wildman–Crippen MR) is 203 cm³/mol. The zero-order valence-corrected chi connectivity index (χ0v) is 30.4. The maximum absolute atomic E-state index is 4.21. The molecule has 2 aliphatic rings. The third-order valence-electron chi connectivity index (χ3n) is 9.59. The molecule has 0 amide bonds. The quantitative estimate of drug-likeness (QED) is 0.149. The lowest BCUT2D eigenvalue weighted by molar-refractivity contribution is 0.397. The van der Waals surface area contributed by atoms with Gasteiger partial charge >= 0.3 is 0 Å². The molecule has 0 aromatic heterocycles. The summed E-state index contributed by atoms with van der Waals surface area (Å²) in [7, 11) is 3.60. The van der Waals surface area contributed by atoms with Crippen LogP contribution in [0.2, 0.25) is 0 Å². The third kappa shape index (κ3) is 9.56. The number of rotatable bonds is 14. The van der Waals surface area contributed by atoms with Gasteiger partial charge in [0, 0.05) is 19.5 Å². The molecule has 0 heterocycles. The van der Waals surface area contributed by atoms with Crippen LogP contribution >= 0.6 is 13.5 Å². The molecule has 2 aromatic rings. The van der Waals surface area contributed by atoms with Crippen LogP contribution in [0.3, 0.4) is 0 Å². The standard InChI is InChI=1S/C31H46.C10H14N2.H2S/c1-5-7-9-11-13-15-21-31(22-16-14-12-10-8-6-2)29-23-25(3)17-19-27(29)28-20-18-26(4)24-30(28)31;1-7-5-6-8(2)10(12-4)9(7)11-3;/h17-20,23-24H,5-16,21-22H2,1-4H3;5-6H,1-4H3;1H2. The fourth-order valence-electron chi connectivity index (χ4n) is 7.15. The average molecular weight is 615 g/mol. The van der Waals surface area contributed by atoms with Crippen LogP contribution in [0.4, 0.5) is 0 Å². The van der Waals surface area contributed by atoms with Gasteiger partial charge < -0.3 is 0 Å². The molecule has 4 rings (SSSR count). The molecule has 0 unspecified atom stereocenters. The predicted octanol–water partition coefficient (Wildman–Crippen LogP) is 12.2. The van der Waals surface area contributed by atoms with E-state index in [1.165, 1.54) is 123 Å². The van der Waals surface area contributed by atoms with Gasteiger partial charge in [0.25, 0.3) is 0 Å². The van der Waals surface area contributed by atoms with E-state index in [2.05, 4.69) is 100 Å². The molecule has 0 atom stereocenters. The Morgan fingerprint density at radius 3 is 1.25 bits per heavy atom. The molecule has 3 heteroatoms. The SMILES string of the molecule is CCCCCCCCC1(CCCCCCCC)c2cc(C)ccc2-c2ccc(C)cc21.CN=C1C(C)=CC=C(C)C1=NC.S. The number of fused-ring (bicyclic) bond motifs is 3. The highest BCUT2D eigenvalue weighted by molar-refractivity contribution is 7.59. The molecule has 242 valence electrons. The monoisotopic (exact) mass is 614 g/mol. The molecule has 2 aliphatic carbocycles. The largest absolute Gasteiger partial charge is 0.286 e. The van der Waals surface area contributed by atoms with Crippen LogP contribution in [-0.4, -0.2) is 25.5 Å². The van der Waals surface area contributed by atoms with Crippen molar-refractivity contribution in [3.05, 3.63) is 82.0 Å². The molecular weight excluding hydrogens is 553 g/mol. The first-order chi connectivity index (χ1) is 20.8. The van der Waals surface area contributed by atoms with Gasteiger partial charge in [-0.25, -0.2) is 0 Å². The summed E-state index contributed by atoms with van der Waals surface area (Å²) in [6, 6.07) is 14.5. The molecular formula is C41H62N2S. The van der Waals surface area contributed by atoms with Crippen LogP contribution in [0.1, 0.15) is 140 Å². The number of aliphatic imine (C=N–C) groups is 2. The summed E-state index contributed by atoms with van der Waals surface area (Å²) in [6.07, 6.45) is 23.4. The fraction of sp³-hybridized carbons (Fsp3) is 0.561. The van der Waals surface area contributed by atoms with Gasteiger partial charge in [0.05, 0.1) is 11.4 Å². The summed E-state index contributed by atoms with van der Waals surface area (Å²) >= 11 is 0. The second kappa shape index (κ2) is 19.2. The highest BCUT2D eigenvalue weighted by Crippen LogP contribution is 2.54. The smallest absolute Gasteiger partial charge is 0.0854 e. The first-order valence-electron chi connectivity index (χ1n) is 17.3. The van der Waals surface area contributed by atoms with Gasteiger partial charge in [-0.3, -0.25) is 9.98 Å². The first-order valence-corrected chi connectivity index (χ1v) is 17.3. The Morgan fingerprint density at radius 2 is 0.886 bits per heavy atom. The van der Waals surface area contributed by atoms with Crippen molar-refractivity contribution in [3.8, 4) is 11.1 Å². The van der Waals surface area contributed by atoms with E-state index >= 15 is 0 Å². The Morgan fingerprint density at radius 1 is 0.523 bits per heavy atom. The number of hydrogen-bond donors (Lipinski definition) is 0. The maximum Gasteiger partial charge on any atom is 0.0854 e. The normalized spacial score (nSPS) is 16.5. The lowest BCUT2D eigenvalue weighted by atomic mass is 9.70. The van der Waals surface area contributed by atoms with Gasteiger partial charge in [-0.05, 0) is 73.9 Å². The van der Waals surface area contributed by atoms with Crippen LogP contribution in [0.25, 0.3) is 11.1 Å². The van der Waals surface area contributed by atoms with E-state index in [0.717, 1.165) is 11.4 Å². The molecule has 0 N–H and O–H groups in total. The molecule has 0 spiro atoms. The summed E-state index contributed by atoms with van der Waals surface area (Å²) in [5.41, 5.74) is 13.7. The first kappa shape index (κ1) is 37.8. The van der Waals surface area contributed by atoms with Gasteiger partial charge in [-0.1, -0.05) is 151 Å². The molecule has 44 heavy (non-hydrogen) atoms. The molecule has 0 radical (unpaired) electrons. The number of benzene rings is 2. The molecule has 2 nitrogen and oxygen atoms in total. The highest BCUT2D eigenvalue weighted by atomic mass is 32.1. The average Bonchev–Trinajstić information content (AvgIpc) is 3.26. The number of nitrogens with zero attached hydrogens (tertiary/aromatic N) is 2. The van der Waals surface area contributed by atoms with Crippen molar-refractivity contribution in [2.45, 2.75) is 137 Å². The van der Waals surface area contributed by atoms with Gasteiger partial charge in [0.2, 0.25) is 0 Å². The zero-order valence-electron chi connectivity index (χ0n) is 29.4. The third-order valence-corrected chi connectivity index (χ3v) is 9.59. The summed E-state index contributed by atoms with van der Waals surface area (Å²) < 4.78 is 0. The zero-order chi connectivity index (χ0) is 31.2. The van der Waals surface area contributed by atoms with Crippen LogP contribution in [0, 0.1) is 13.8 Å². The van der Waals surface area contributed by atoms with E-state index in [1.54, 1.807) is 25.2 Å². The number of hydrogen-bond acceptors (Lipinski definition) is 2. The van der Waals surface area contributed by atoms with Gasteiger partial charge in [0.15, 0.2) is 0 Å². The minimum atomic E-state index is 0.